The van der Waals surface area contributed by atoms with Gasteiger partial charge < -0.3 is 15.1 Å². The Morgan fingerprint density at radius 1 is 1.06 bits per heavy atom. The van der Waals surface area contributed by atoms with E-state index >= 15 is 0 Å². The van der Waals surface area contributed by atoms with Crippen LogP contribution in [0.25, 0.3) is 0 Å². The zero-order valence-electron chi connectivity index (χ0n) is 16.3. The van der Waals surface area contributed by atoms with Crippen LogP contribution in [0.15, 0.2) is 41.3 Å². The number of carboxylic acids is 1. The molecular weight excluding hydrogens is 437 g/mol. The summed E-state index contributed by atoms with van der Waals surface area (Å²) >= 11 is 0. The smallest absolute Gasteiger partial charge is 0.416 e. The van der Waals surface area contributed by atoms with Crippen LogP contribution in [0.5, 0.6) is 0 Å². The predicted molar refractivity (Wildman–Crippen MR) is 108 cm³/mol. The quantitative estimate of drug-likeness (QED) is 0.610. The second kappa shape index (κ2) is 8.75. The number of aromatic carboxylic acids is 1. The maximum Gasteiger partial charge on any atom is 0.416 e. The van der Waals surface area contributed by atoms with Crippen LogP contribution in [-0.4, -0.2) is 37.7 Å². The van der Waals surface area contributed by atoms with Crippen molar-refractivity contribution in [2.45, 2.75) is 36.9 Å². The van der Waals surface area contributed by atoms with Crippen LogP contribution in [0.3, 0.4) is 0 Å². The summed E-state index contributed by atoms with van der Waals surface area (Å²) in [5.74, 6) is -1.38. The Morgan fingerprint density at radius 3 is 2.32 bits per heavy atom. The highest BCUT2D eigenvalue weighted by atomic mass is 32.2. The van der Waals surface area contributed by atoms with Crippen molar-refractivity contribution < 1.29 is 36.6 Å². The minimum atomic E-state index is -4.68. The summed E-state index contributed by atoms with van der Waals surface area (Å²) < 4.78 is 68.1. The Hall–Kier alpha value is -2.79. The summed E-state index contributed by atoms with van der Waals surface area (Å²) in [5.41, 5.74) is -1.40. The molecular formula is C20H21F3N2O5S. The van der Waals surface area contributed by atoms with Gasteiger partial charge in [-0.25, -0.2) is 13.2 Å². The average molecular weight is 458 g/mol. The van der Waals surface area contributed by atoms with Crippen LogP contribution in [0.4, 0.5) is 24.5 Å². The number of carbonyl (C=O) groups is 1. The molecule has 2 aromatic rings. The van der Waals surface area contributed by atoms with Crippen molar-refractivity contribution in [3.63, 3.8) is 0 Å². The van der Waals surface area contributed by atoms with Crippen molar-refractivity contribution in [2.24, 2.45) is 0 Å². The van der Waals surface area contributed by atoms with Crippen molar-refractivity contribution >= 4 is 27.4 Å². The van der Waals surface area contributed by atoms with Crippen molar-refractivity contribution in [1.29, 1.82) is 0 Å². The van der Waals surface area contributed by atoms with Gasteiger partial charge in [0.25, 0.3) is 10.0 Å². The molecule has 0 radical (unpaired) electrons. The lowest BCUT2D eigenvalue weighted by molar-refractivity contribution is -0.137. The summed E-state index contributed by atoms with van der Waals surface area (Å²) in [6, 6.07) is 6.00. The molecule has 0 bridgehead atoms. The standard InChI is InChI=1S/C20H21F3N2O5S/c21-20(22,23)15-6-7-17(25-8-2-1-3-9-25)16(11-15)24-31(29,30)18-10-13(19(27)28)4-5-14(18)12-26/h4-7,10-11,24,26H,1-3,8-9,12H2,(H,27,28). The normalized spacial score (nSPS) is 15.0. The molecule has 0 spiro atoms. The van der Waals surface area contributed by atoms with Crippen molar-refractivity contribution in [2.75, 3.05) is 22.7 Å². The fraction of sp³-hybridized carbons (Fsp3) is 0.350. The molecule has 0 amide bonds. The first-order valence-electron chi connectivity index (χ1n) is 9.49. The van der Waals surface area contributed by atoms with E-state index in [1.165, 1.54) is 6.07 Å². The average Bonchev–Trinajstić information content (AvgIpc) is 2.73. The number of nitrogens with zero attached hydrogens (tertiary/aromatic N) is 1. The van der Waals surface area contributed by atoms with Gasteiger partial charge in [-0.3, -0.25) is 4.72 Å². The third kappa shape index (κ3) is 5.10. The minimum Gasteiger partial charge on any atom is -0.478 e. The van der Waals surface area contributed by atoms with Gasteiger partial charge in [0.05, 0.1) is 34.0 Å². The molecule has 1 saturated heterocycles. The molecule has 1 fully saturated rings. The number of anilines is 2. The molecule has 11 heteroatoms. The van der Waals surface area contributed by atoms with Gasteiger partial charge in [-0.2, -0.15) is 13.2 Å². The summed E-state index contributed by atoms with van der Waals surface area (Å²) in [5, 5.41) is 18.6. The number of nitrogens with one attached hydrogen (secondary N) is 1. The first-order valence-corrected chi connectivity index (χ1v) is 11.0. The van der Waals surface area contributed by atoms with Crippen LogP contribution in [0, 0.1) is 0 Å². The number of hydrogen-bond acceptors (Lipinski definition) is 5. The number of aliphatic hydroxyl groups is 1. The first kappa shape index (κ1) is 22.9. The largest absolute Gasteiger partial charge is 0.478 e. The van der Waals surface area contributed by atoms with Crippen LogP contribution in [0.1, 0.15) is 40.7 Å². The third-order valence-electron chi connectivity index (χ3n) is 5.04. The lowest BCUT2D eigenvalue weighted by atomic mass is 10.1. The van der Waals surface area contributed by atoms with Gasteiger partial charge >= 0.3 is 12.1 Å². The fourth-order valence-corrected chi connectivity index (χ4v) is 4.80. The first-order chi connectivity index (χ1) is 14.5. The second-order valence-electron chi connectivity index (χ2n) is 7.17. The molecule has 31 heavy (non-hydrogen) atoms. The van der Waals surface area contributed by atoms with Gasteiger partial charge in [-0.05, 0) is 55.2 Å². The lowest BCUT2D eigenvalue weighted by Crippen LogP contribution is -2.30. The summed E-state index contributed by atoms with van der Waals surface area (Å²) in [4.78, 5) is 12.5. The molecule has 1 aliphatic rings. The maximum atomic E-state index is 13.3. The maximum absolute atomic E-state index is 13.3. The number of hydrogen-bond donors (Lipinski definition) is 3. The Labute approximate surface area is 177 Å². The zero-order valence-corrected chi connectivity index (χ0v) is 17.1. The van der Waals surface area contributed by atoms with Crippen LogP contribution in [0.2, 0.25) is 0 Å². The van der Waals surface area contributed by atoms with E-state index in [9.17, 15) is 31.5 Å². The van der Waals surface area contributed by atoms with E-state index in [0.29, 0.717) is 18.8 Å². The Kier molecular flexibility index (Phi) is 6.46. The topological polar surface area (TPSA) is 107 Å². The molecule has 0 saturated carbocycles. The van der Waals surface area contributed by atoms with Gasteiger partial charge in [0, 0.05) is 13.1 Å². The number of benzene rings is 2. The highest BCUT2D eigenvalue weighted by molar-refractivity contribution is 7.92. The van der Waals surface area contributed by atoms with Gasteiger partial charge in [0.15, 0.2) is 0 Å². The summed E-state index contributed by atoms with van der Waals surface area (Å²) in [6.07, 6.45) is -2.06. The molecule has 1 aliphatic heterocycles. The Morgan fingerprint density at radius 2 is 1.74 bits per heavy atom. The molecule has 2 aromatic carbocycles. The highest BCUT2D eigenvalue weighted by Gasteiger charge is 2.32. The molecule has 0 atom stereocenters. The van der Waals surface area contributed by atoms with E-state index in [1.807, 2.05) is 4.90 Å². The Balaban J connectivity index is 2.09. The van der Waals surface area contributed by atoms with Gasteiger partial charge in [-0.1, -0.05) is 6.07 Å². The molecule has 7 nitrogen and oxygen atoms in total. The summed E-state index contributed by atoms with van der Waals surface area (Å²) in [7, 11) is -4.50. The minimum absolute atomic E-state index is 0.0796. The monoisotopic (exact) mass is 458 g/mol. The van der Waals surface area contributed by atoms with E-state index in [2.05, 4.69) is 4.72 Å². The van der Waals surface area contributed by atoms with Gasteiger partial charge in [0.2, 0.25) is 0 Å². The number of piperidine rings is 1. The predicted octanol–water partition coefficient (Wildman–Crippen LogP) is 3.69. The van der Waals surface area contributed by atoms with Gasteiger partial charge in [-0.15, -0.1) is 0 Å². The third-order valence-corrected chi connectivity index (χ3v) is 6.49. The zero-order chi connectivity index (χ0) is 22.8. The van der Waals surface area contributed by atoms with E-state index in [4.69, 9.17) is 5.11 Å². The van der Waals surface area contributed by atoms with Gasteiger partial charge in [0.1, 0.15) is 0 Å². The lowest BCUT2D eigenvalue weighted by Gasteiger charge is -2.31. The molecule has 1 heterocycles. The van der Waals surface area contributed by atoms with Crippen LogP contribution < -0.4 is 9.62 Å². The SMILES string of the molecule is O=C(O)c1ccc(CO)c(S(=O)(=O)Nc2cc(C(F)(F)F)ccc2N2CCCCC2)c1. The van der Waals surface area contributed by atoms with Crippen molar-refractivity contribution in [3.8, 4) is 0 Å². The number of alkyl halides is 3. The molecule has 0 aliphatic carbocycles. The van der Waals surface area contributed by atoms with E-state index in [-0.39, 0.29) is 16.8 Å². The van der Waals surface area contributed by atoms with E-state index in [1.54, 1.807) is 0 Å². The Bertz CT molecular complexity index is 1080. The van der Waals surface area contributed by atoms with E-state index in [0.717, 1.165) is 49.6 Å². The molecule has 0 aromatic heterocycles. The molecule has 168 valence electrons. The summed E-state index contributed by atoms with van der Waals surface area (Å²) in [6.45, 7) is 0.435. The molecule has 0 unspecified atom stereocenters. The van der Waals surface area contributed by atoms with Crippen molar-refractivity contribution in [3.05, 3.63) is 53.1 Å². The molecule has 3 N–H and O–H groups in total. The van der Waals surface area contributed by atoms with Crippen LogP contribution in [-0.2, 0) is 22.8 Å². The number of rotatable bonds is 6. The fourth-order valence-electron chi connectivity index (χ4n) is 3.47. The number of halogens is 3. The van der Waals surface area contributed by atoms with Crippen molar-refractivity contribution in [1.82, 2.24) is 0 Å². The second-order valence-corrected chi connectivity index (χ2v) is 8.82. The van der Waals surface area contributed by atoms with Crippen LogP contribution >= 0.6 is 0 Å². The van der Waals surface area contributed by atoms with E-state index < -0.39 is 39.2 Å². The number of aliphatic hydroxyl groups excluding tert-OH is 1. The highest BCUT2D eigenvalue weighted by Crippen LogP contribution is 2.37. The molecule has 3 rings (SSSR count). The number of carboxylic acid groups (broad SMARTS) is 1. The number of sulfonamides is 1.